The van der Waals surface area contributed by atoms with Crippen LogP contribution >= 0.6 is 0 Å². The Hall–Kier alpha value is -2.11. The predicted molar refractivity (Wildman–Crippen MR) is 95.9 cm³/mol. The third kappa shape index (κ3) is 5.44. The Morgan fingerprint density at radius 2 is 1.96 bits per heavy atom. The lowest BCUT2D eigenvalue weighted by atomic mass is 10.0. The van der Waals surface area contributed by atoms with Crippen molar-refractivity contribution in [2.45, 2.75) is 65.1 Å². The largest absolute Gasteiger partial charge is 0.444 e. The van der Waals surface area contributed by atoms with Gasteiger partial charge in [-0.2, -0.15) is 0 Å². The highest BCUT2D eigenvalue weighted by atomic mass is 16.6. The van der Waals surface area contributed by atoms with Crippen LogP contribution in [0.1, 0.15) is 52.5 Å². The zero-order chi connectivity index (χ0) is 18.4. The number of hydrogen-bond donors (Lipinski definition) is 0. The summed E-state index contributed by atoms with van der Waals surface area (Å²) in [5.74, 6) is -0.00938. The number of carbonyl (C=O) groups is 2. The minimum absolute atomic E-state index is 0.00938. The number of hydrogen-bond acceptors (Lipinski definition) is 4. The Morgan fingerprint density at radius 1 is 1.28 bits per heavy atom. The van der Waals surface area contributed by atoms with Crippen molar-refractivity contribution in [3.63, 3.8) is 0 Å². The van der Waals surface area contributed by atoms with Gasteiger partial charge in [0.1, 0.15) is 11.6 Å². The van der Waals surface area contributed by atoms with E-state index in [1.54, 1.807) is 22.2 Å². The Labute approximate surface area is 150 Å². The first-order valence-corrected chi connectivity index (χ1v) is 8.99. The number of nitrogens with zero attached hydrogens (tertiary/aromatic N) is 3. The molecule has 1 fully saturated rings. The van der Waals surface area contributed by atoms with Crippen LogP contribution in [-0.2, 0) is 16.1 Å². The summed E-state index contributed by atoms with van der Waals surface area (Å²) in [7, 11) is 0. The van der Waals surface area contributed by atoms with Gasteiger partial charge in [0.25, 0.3) is 0 Å². The Balaban J connectivity index is 2.11. The first-order chi connectivity index (χ1) is 11.8. The van der Waals surface area contributed by atoms with Gasteiger partial charge in [-0.3, -0.25) is 14.7 Å². The van der Waals surface area contributed by atoms with Gasteiger partial charge in [-0.1, -0.05) is 0 Å². The monoisotopic (exact) mass is 347 g/mol. The van der Waals surface area contributed by atoms with E-state index in [0.29, 0.717) is 26.1 Å². The van der Waals surface area contributed by atoms with Crippen LogP contribution in [0.25, 0.3) is 0 Å². The van der Waals surface area contributed by atoms with Crippen LogP contribution in [0.4, 0.5) is 4.79 Å². The molecule has 0 aromatic carbocycles. The smallest absolute Gasteiger partial charge is 0.410 e. The number of likely N-dealkylation sites (N-methyl/N-ethyl adjacent to an activating group) is 1. The number of pyridine rings is 1. The summed E-state index contributed by atoms with van der Waals surface area (Å²) < 4.78 is 5.50. The van der Waals surface area contributed by atoms with Gasteiger partial charge in [0.05, 0.1) is 0 Å². The molecule has 1 atom stereocenters. The Morgan fingerprint density at radius 3 is 2.56 bits per heavy atom. The van der Waals surface area contributed by atoms with E-state index in [4.69, 9.17) is 4.74 Å². The maximum atomic E-state index is 13.1. The molecular weight excluding hydrogens is 318 g/mol. The molecule has 0 aliphatic carbocycles. The fourth-order valence-corrected chi connectivity index (χ4v) is 2.99. The van der Waals surface area contributed by atoms with Crippen LogP contribution in [0.5, 0.6) is 0 Å². The fourth-order valence-electron chi connectivity index (χ4n) is 2.99. The van der Waals surface area contributed by atoms with E-state index in [2.05, 4.69) is 4.98 Å². The first-order valence-electron chi connectivity index (χ1n) is 8.99. The summed E-state index contributed by atoms with van der Waals surface area (Å²) in [4.78, 5) is 33.0. The Kier molecular flexibility index (Phi) is 6.39. The molecule has 1 aromatic heterocycles. The molecule has 2 rings (SSSR count). The SMILES string of the molecule is CCN(Cc1ccncc1)C(=O)[C@H]1CCCCN1C(=O)OC(C)(C)C. The zero-order valence-corrected chi connectivity index (χ0v) is 15.7. The van der Waals surface area contributed by atoms with E-state index in [-0.39, 0.29) is 5.91 Å². The highest BCUT2D eigenvalue weighted by Crippen LogP contribution is 2.22. The normalized spacial score (nSPS) is 17.9. The number of likely N-dealkylation sites (tertiary alicyclic amines) is 1. The van der Waals surface area contributed by atoms with Crippen LogP contribution in [-0.4, -0.2) is 51.5 Å². The van der Waals surface area contributed by atoms with Gasteiger partial charge in [0, 0.05) is 32.0 Å². The third-order valence-corrected chi connectivity index (χ3v) is 4.23. The summed E-state index contributed by atoms with van der Waals surface area (Å²) in [5.41, 5.74) is 0.466. The third-order valence-electron chi connectivity index (χ3n) is 4.23. The maximum absolute atomic E-state index is 13.1. The van der Waals surface area contributed by atoms with Crippen LogP contribution in [0, 0.1) is 0 Å². The van der Waals surface area contributed by atoms with E-state index in [9.17, 15) is 9.59 Å². The molecule has 1 aliphatic rings. The summed E-state index contributed by atoms with van der Waals surface area (Å²) in [5, 5.41) is 0. The molecule has 25 heavy (non-hydrogen) atoms. The van der Waals surface area contributed by atoms with Crippen molar-refractivity contribution >= 4 is 12.0 Å². The maximum Gasteiger partial charge on any atom is 0.410 e. The number of rotatable bonds is 4. The molecule has 0 unspecified atom stereocenters. The standard InChI is InChI=1S/C19H29N3O3/c1-5-21(14-15-9-11-20-12-10-15)17(23)16-8-6-7-13-22(16)18(24)25-19(2,3)4/h9-12,16H,5-8,13-14H2,1-4H3/t16-/m1/s1. The van der Waals surface area contributed by atoms with Crippen molar-refractivity contribution in [1.29, 1.82) is 0 Å². The average Bonchev–Trinajstić information content (AvgIpc) is 2.58. The molecule has 0 N–H and O–H groups in total. The van der Waals surface area contributed by atoms with Crippen molar-refractivity contribution in [2.75, 3.05) is 13.1 Å². The van der Waals surface area contributed by atoms with Crippen LogP contribution in [0.2, 0.25) is 0 Å². The number of ether oxygens (including phenoxy) is 1. The van der Waals surface area contributed by atoms with E-state index in [1.807, 2.05) is 39.8 Å². The van der Waals surface area contributed by atoms with Crippen molar-refractivity contribution in [3.8, 4) is 0 Å². The van der Waals surface area contributed by atoms with E-state index in [1.165, 1.54) is 0 Å². The van der Waals surface area contributed by atoms with Crippen molar-refractivity contribution in [3.05, 3.63) is 30.1 Å². The predicted octanol–water partition coefficient (Wildman–Crippen LogP) is 3.22. The van der Waals surface area contributed by atoms with E-state index >= 15 is 0 Å². The topological polar surface area (TPSA) is 62.7 Å². The highest BCUT2D eigenvalue weighted by molar-refractivity contribution is 5.86. The fraction of sp³-hybridized carbons (Fsp3) is 0.632. The summed E-state index contributed by atoms with van der Waals surface area (Å²) in [6.45, 7) is 9.17. The van der Waals surface area contributed by atoms with Crippen LogP contribution in [0.3, 0.4) is 0 Å². The lowest BCUT2D eigenvalue weighted by molar-refractivity contribution is -0.138. The van der Waals surface area contributed by atoms with Crippen LogP contribution < -0.4 is 0 Å². The van der Waals surface area contributed by atoms with E-state index < -0.39 is 17.7 Å². The minimum atomic E-state index is -0.566. The molecular formula is C19H29N3O3. The minimum Gasteiger partial charge on any atom is -0.444 e. The van der Waals surface area contributed by atoms with Crippen molar-refractivity contribution in [1.82, 2.24) is 14.8 Å². The molecule has 138 valence electrons. The number of carbonyl (C=O) groups excluding carboxylic acids is 2. The van der Waals surface area contributed by atoms with Gasteiger partial charge in [-0.15, -0.1) is 0 Å². The molecule has 6 heteroatoms. The quantitative estimate of drug-likeness (QED) is 0.839. The van der Waals surface area contributed by atoms with Gasteiger partial charge >= 0.3 is 6.09 Å². The Bertz CT molecular complexity index is 583. The molecule has 1 aromatic rings. The second kappa shape index (κ2) is 8.32. The molecule has 6 nitrogen and oxygen atoms in total. The zero-order valence-electron chi connectivity index (χ0n) is 15.7. The molecule has 0 spiro atoms. The molecule has 0 radical (unpaired) electrons. The van der Waals surface area contributed by atoms with Crippen molar-refractivity contribution in [2.24, 2.45) is 0 Å². The van der Waals surface area contributed by atoms with Gasteiger partial charge < -0.3 is 9.64 Å². The summed E-state index contributed by atoms with van der Waals surface area (Å²) in [6.07, 6.45) is 5.58. The van der Waals surface area contributed by atoms with Crippen LogP contribution in [0.15, 0.2) is 24.5 Å². The van der Waals surface area contributed by atoms with Crippen molar-refractivity contribution < 1.29 is 14.3 Å². The van der Waals surface area contributed by atoms with Gasteiger partial charge in [0.15, 0.2) is 0 Å². The number of aromatic nitrogens is 1. The lowest BCUT2D eigenvalue weighted by Gasteiger charge is -2.38. The van der Waals surface area contributed by atoms with Gasteiger partial charge in [0.2, 0.25) is 5.91 Å². The average molecular weight is 347 g/mol. The highest BCUT2D eigenvalue weighted by Gasteiger charge is 2.36. The molecule has 2 amide bonds. The first kappa shape index (κ1) is 19.2. The number of amides is 2. The second-order valence-corrected chi connectivity index (χ2v) is 7.39. The number of piperidine rings is 1. The lowest BCUT2D eigenvalue weighted by Crippen LogP contribution is -2.53. The van der Waals surface area contributed by atoms with Gasteiger partial charge in [-0.25, -0.2) is 4.79 Å². The summed E-state index contributed by atoms with van der Waals surface area (Å²) >= 11 is 0. The molecule has 2 heterocycles. The second-order valence-electron chi connectivity index (χ2n) is 7.39. The van der Waals surface area contributed by atoms with Gasteiger partial charge in [-0.05, 0) is 64.7 Å². The molecule has 1 saturated heterocycles. The van der Waals surface area contributed by atoms with E-state index in [0.717, 1.165) is 18.4 Å². The molecule has 0 saturated carbocycles. The summed E-state index contributed by atoms with van der Waals surface area (Å²) in [6, 6.07) is 3.37. The molecule has 0 bridgehead atoms. The molecule has 1 aliphatic heterocycles.